The first-order valence-electron chi connectivity index (χ1n) is 9.34. The maximum Gasteiger partial charge on any atom is 0.238 e. The topological polar surface area (TPSA) is 81.9 Å². The third kappa shape index (κ3) is 4.89. The van der Waals surface area contributed by atoms with Gasteiger partial charge in [-0.1, -0.05) is 6.07 Å². The van der Waals surface area contributed by atoms with E-state index in [0.717, 1.165) is 18.0 Å². The molecule has 4 aromatic rings. The molecule has 0 aliphatic heterocycles. The number of halogens is 2. The molecule has 156 valence electrons. The van der Waals surface area contributed by atoms with Gasteiger partial charge in [-0.15, -0.1) is 10.2 Å². The Labute approximate surface area is 176 Å². The quantitative estimate of drug-likeness (QED) is 0.504. The molecule has 1 amide bonds. The van der Waals surface area contributed by atoms with Crippen molar-refractivity contribution in [3.63, 3.8) is 0 Å². The van der Waals surface area contributed by atoms with Crippen LogP contribution in [0.3, 0.4) is 0 Å². The molecule has 31 heavy (non-hydrogen) atoms. The van der Waals surface area contributed by atoms with Gasteiger partial charge in [-0.25, -0.2) is 13.8 Å². The number of aromatic nitrogens is 4. The van der Waals surface area contributed by atoms with E-state index in [1.54, 1.807) is 53.4 Å². The highest BCUT2D eigenvalue weighted by molar-refractivity contribution is 5.92. The average molecular weight is 421 g/mol. The van der Waals surface area contributed by atoms with Gasteiger partial charge < -0.3 is 10.1 Å². The van der Waals surface area contributed by atoms with Crippen LogP contribution >= 0.6 is 0 Å². The number of aryl methyl sites for hydroxylation is 1. The molecular weight excluding hydrogens is 404 g/mol. The van der Waals surface area contributed by atoms with Gasteiger partial charge in [-0.05, 0) is 48.9 Å². The van der Waals surface area contributed by atoms with Crippen molar-refractivity contribution in [1.29, 1.82) is 0 Å². The van der Waals surface area contributed by atoms with Crippen molar-refractivity contribution in [2.75, 3.05) is 5.32 Å². The van der Waals surface area contributed by atoms with Gasteiger partial charge in [0, 0.05) is 30.2 Å². The van der Waals surface area contributed by atoms with Crippen LogP contribution in [0.25, 0.3) is 5.82 Å². The Hall–Kier alpha value is -4.14. The van der Waals surface area contributed by atoms with Crippen LogP contribution in [0.15, 0.2) is 67.0 Å². The number of anilines is 1. The van der Waals surface area contributed by atoms with Gasteiger partial charge in [-0.2, -0.15) is 0 Å². The van der Waals surface area contributed by atoms with Crippen molar-refractivity contribution in [3.05, 3.63) is 90.0 Å². The van der Waals surface area contributed by atoms with E-state index in [0.29, 0.717) is 23.1 Å². The second-order valence-corrected chi connectivity index (χ2v) is 6.66. The highest BCUT2D eigenvalue weighted by atomic mass is 19.1. The maximum atomic E-state index is 13.7. The summed E-state index contributed by atoms with van der Waals surface area (Å²) in [5, 5.41) is 10.8. The fraction of sp³-hybridized carbons (Fsp3) is 0.0909. The molecule has 0 aliphatic rings. The lowest BCUT2D eigenvalue weighted by Crippen LogP contribution is -2.15. The predicted octanol–water partition coefficient (Wildman–Crippen LogP) is 4.22. The van der Waals surface area contributed by atoms with Crippen molar-refractivity contribution in [2.45, 2.75) is 13.3 Å². The van der Waals surface area contributed by atoms with Crippen LogP contribution in [-0.4, -0.2) is 25.7 Å². The molecule has 7 nitrogen and oxygen atoms in total. The summed E-state index contributed by atoms with van der Waals surface area (Å²) in [5.74, 6) is 0.368. The van der Waals surface area contributed by atoms with E-state index < -0.39 is 17.5 Å². The predicted molar refractivity (Wildman–Crippen MR) is 109 cm³/mol. The van der Waals surface area contributed by atoms with Crippen LogP contribution in [0.4, 0.5) is 14.5 Å². The molecule has 0 spiro atoms. The Bertz CT molecular complexity index is 1210. The van der Waals surface area contributed by atoms with Gasteiger partial charge in [0.1, 0.15) is 23.2 Å². The van der Waals surface area contributed by atoms with Gasteiger partial charge in [0.2, 0.25) is 11.8 Å². The number of benzene rings is 2. The number of carbonyl (C=O) groups excluding carboxylic acids is 1. The molecule has 2 heterocycles. The molecular formula is C22H17F2N5O2. The van der Waals surface area contributed by atoms with Crippen molar-refractivity contribution in [3.8, 4) is 17.4 Å². The second-order valence-electron chi connectivity index (χ2n) is 6.66. The zero-order valence-corrected chi connectivity index (χ0v) is 16.4. The normalized spacial score (nSPS) is 10.7. The SMILES string of the molecule is Cc1nccn1-c1ccc(Oc2ccc(NC(=O)Cc3ccc(F)cc3F)cc2)nn1. The monoisotopic (exact) mass is 421 g/mol. The fourth-order valence-corrected chi connectivity index (χ4v) is 2.89. The first kappa shape index (κ1) is 20.1. The third-order valence-electron chi connectivity index (χ3n) is 4.43. The molecule has 0 saturated carbocycles. The van der Waals surface area contributed by atoms with Gasteiger partial charge in [-0.3, -0.25) is 9.36 Å². The lowest BCUT2D eigenvalue weighted by atomic mass is 10.1. The lowest BCUT2D eigenvalue weighted by molar-refractivity contribution is -0.115. The molecule has 4 rings (SSSR count). The molecule has 0 fully saturated rings. The first-order chi connectivity index (χ1) is 15.0. The van der Waals surface area contributed by atoms with E-state index in [-0.39, 0.29) is 12.0 Å². The molecule has 0 saturated heterocycles. The molecule has 2 aromatic heterocycles. The summed E-state index contributed by atoms with van der Waals surface area (Å²) < 4.78 is 34.1. The van der Waals surface area contributed by atoms with Crippen LogP contribution in [0.2, 0.25) is 0 Å². The van der Waals surface area contributed by atoms with Gasteiger partial charge in [0.05, 0.1) is 6.42 Å². The molecule has 0 bridgehead atoms. The van der Waals surface area contributed by atoms with E-state index in [1.165, 1.54) is 6.07 Å². The standard InChI is InChI=1S/C22H17F2N5O2/c1-14-25-10-11-29(14)20-8-9-22(28-27-20)31-18-6-4-17(5-7-18)26-21(30)12-15-2-3-16(23)13-19(15)24/h2-11,13H,12H2,1H3,(H,26,30). The Kier molecular flexibility index (Phi) is 5.65. The Morgan fingerprint density at radius 2 is 1.87 bits per heavy atom. The minimum Gasteiger partial charge on any atom is -0.438 e. The number of nitrogens with one attached hydrogen (secondary N) is 1. The second kappa shape index (κ2) is 8.70. The number of ether oxygens (including phenoxy) is 1. The van der Waals surface area contributed by atoms with Gasteiger partial charge in [0.25, 0.3) is 0 Å². The molecule has 2 aromatic carbocycles. The van der Waals surface area contributed by atoms with Crippen LogP contribution in [0.5, 0.6) is 11.6 Å². The lowest BCUT2D eigenvalue weighted by Gasteiger charge is -2.08. The van der Waals surface area contributed by atoms with Gasteiger partial charge >= 0.3 is 0 Å². The summed E-state index contributed by atoms with van der Waals surface area (Å²) in [6.45, 7) is 1.86. The van der Waals surface area contributed by atoms with E-state index in [1.807, 2.05) is 6.92 Å². The molecule has 1 N–H and O–H groups in total. The van der Waals surface area contributed by atoms with Crippen molar-refractivity contribution in [2.24, 2.45) is 0 Å². The minimum absolute atomic E-state index is 0.117. The number of rotatable bonds is 6. The minimum atomic E-state index is -0.755. The summed E-state index contributed by atoms with van der Waals surface area (Å²) in [6.07, 6.45) is 3.26. The summed E-state index contributed by atoms with van der Waals surface area (Å²) in [4.78, 5) is 16.3. The van der Waals surface area contributed by atoms with Crippen molar-refractivity contribution < 1.29 is 18.3 Å². The van der Waals surface area contributed by atoms with Crippen LogP contribution in [0, 0.1) is 18.6 Å². The molecule has 0 unspecified atom stereocenters. The average Bonchev–Trinajstić information content (AvgIpc) is 3.18. The summed E-state index contributed by atoms with van der Waals surface area (Å²) in [5.41, 5.74) is 0.628. The van der Waals surface area contributed by atoms with Crippen LogP contribution < -0.4 is 10.1 Å². The largest absolute Gasteiger partial charge is 0.438 e. The Morgan fingerprint density at radius 1 is 1.06 bits per heavy atom. The number of carbonyl (C=O) groups is 1. The molecule has 0 aliphatic carbocycles. The summed E-state index contributed by atoms with van der Waals surface area (Å²) in [7, 11) is 0. The maximum absolute atomic E-state index is 13.7. The van der Waals surface area contributed by atoms with Crippen LogP contribution in [-0.2, 0) is 11.2 Å². The molecule has 0 radical (unpaired) electrons. The summed E-state index contributed by atoms with van der Waals surface area (Å²) in [6, 6.07) is 13.2. The molecule has 9 heteroatoms. The van der Waals surface area contributed by atoms with Crippen LogP contribution in [0.1, 0.15) is 11.4 Å². The first-order valence-corrected chi connectivity index (χ1v) is 9.34. The van der Waals surface area contributed by atoms with Crippen molar-refractivity contribution in [1.82, 2.24) is 19.7 Å². The highest BCUT2D eigenvalue weighted by Crippen LogP contribution is 2.22. The fourth-order valence-electron chi connectivity index (χ4n) is 2.89. The van der Waals surface area contributed by atoms with E-state index in [2.05, 4.69) is 20.5 Å². The molecule has 0 atom stereocenters. The Morgan fingerprint density at radius 3 is 2.52 bits per heavy atom. The number of imidazole rings is 1. The number of hydrogen-bond donors (Lipinski definition) is 1. The zero-order chi connectivity index (χ0) is 21.8. The zero-order valence-electron chi connectivity index (χ0n) is 16.4. The van der Waals surface area contributed by atoms with E-state index in [4.69, 9.17) is 4.74 Å². The highest BCUT2D eigenvalue weighted by Gasteiger charge is 2.10. The number of nitrogens with zero attached hydrogens (tertiary/aromatic N) is 4. The smallest absolute Gasteiger partial charge is 0.238 e. The van der Waals surface area contributed by atoms with E-state index >= 15 is 0 Å². The number of hydrogen-bond acceptors (Lipinski definition) is 5. The number of amides is 1. The Balaban J connectivity index is 1.36. The summed E-state index contributed by atoms with van der Waals surface area (Å²) >= 11 is 0. The van der Waals surface area contributed by atoms with E-state index in [9.17, 15) is 13.6 Å². The van der Waals surface area contributed by atoms with Crippen molar-refractivity contribution >= 4 is 11.6 Å². The third-order valence-corrected chi connectivity index (χ3v) is 4.43. The van der Waals surface area contributed by atoms with Gasteiger partial charge in [0.15, 0.2) is 5.82 Å².